The summed E-state index contributed by atoms with van der Waals surface area (Å²) in [6.45, 7) is 0. The third kappa shape index (κ3) is 2.44. The smallest absolute Gasteiger partial charge is 0.0541 e. The van der Waals surface area contributed by atoms with Gasteiger partial charge >= 0.3 is 0 Å². The van der Waals surface area contributed by atoms with Gasteiger partial charge in [-0.1, -0.05) is 66.7 Å². The normalized spacial score (nSPS) is 11.3. The Labute approximate surface area is 155 Å². The van der Waals surface area contributed by atoms with Crippen LogP contribution in [0.15, 0.2) is 97.1 Å². The monoisotopic (exact) mass is 351 g/mol. The van der Waals surface area contributed by atoms with E-state index in [0.29, 0.717) is 0 Å². The molecule has 0 amide bonds. The predicted molar refractivity (Wildman–Crippen MR) is 116 cm³/mol. The van der Waals surface area contributed by atoms with Gasteiger partial charge < -0.3 is 4.57 Å². The first-order valence-electron chi connectivity index (χ1n) is 8.76. The van der Waals surface area contributed by atoms with E-state index in [4.69, 9.17) is 0 Å². The standard InChI is InChI=1S/C24H18NP/c26-20-13-10-17(11-14-20)18-12-15-24-22(16-18)21-8-4-5-9-23(21)25(24)19-6-2-1-3-7-19/h1-16H,26H2. The fourth-order valence-electron chi connectivity index (χ4n) is 3.68. The molecule has 1 unspecified atom stereocenters. The average molecular weight is 351 g/mol. The van der Waals surface area contributed by atoms with Crippen LogP contribution < -0.4 is 5.30 Å². The summed E-state index contributed by atoms with van der Waals surface area (Å²) in [5.74, 6) is 0. The van der Waals surface area contributed by atoms with Crippen molar-refractivity contribution in [2.75, 3.05) is 0 Å². The van der Waals surface area contributed by atoms with Gasteiger partial charge in [0.05, 0.1) is 11.0 Å². The van der Waals surface area contributed by atoms with Gasteiger partial charge in [-0.15, -0.1) is 9.24 Å². The van der Waals surface area contributed by atoms with Gasteiger partial charge in [0.2, 0.25) is 0 Å². The van der Waals surface area contributed by atoms with Crippen LogP contribution in [0.25, 0.3) is 38.6 Å². The second-order valence-corrected chi connectivity index (χ2v) is 7.21. The molecule has 0 aliphatic carbocycles. The molecule has 26 heavy (non-hydrogen) atoms. The fraction of sp³-hybridized carbons (Fsp3) is 0. The highest BCUT2D eigenvalue weighted by Crippen LogP contribution is 2.34. The molecule has 4 aromatic carbocycles. The van der Waals surface area contributed by atoms with Crippen LogP contribution in [0.5, 0.6) is 0 Å². The molecule has 0 fully saturated rings. The first-order chi connectivity index (χ1) is 12.8. The van der Waals surface area contributed by atoms with Crippen LogP contribution in [0.3, 0.4) is 0 Å². The van der Waals surface area contributed by atoms with Crippen LogP contribution in [0.1, 0.15) is 0 Å². The van der Waals surface area contributed by atoms with E-state index in [-0.39, 0.29) is 0 Å². The zero-order chi connectivity index (χ0) is 17.5. The van der Waals surface area contributed by atoms with Gasteiger partial charge in [-0.2, -0.15) is 0 Å². The van der Waals surface area contributed by atoms with Gasteiger partial charge in [0.1, 0.15) is 0 Å². The van der Waals surface area contributed by atoms with Crippen LogP contribution in [0.4, 0.5) is 0 Å². The molecule has 0 N–H and O–H groups in total. The molecule has 0 aliphatic rings. The number of aromatic nitrogens is 1. The molecular weight excluding hydrogens is 333 g/mol. The zero-order valence-corrected chi connectivity index (χ0v) is 15.4. The summed E-state index contributed by atoms with van der Waals surface area (Å²) in [6, 6.07) is 34.6. The van der Waals surface area contributed by atoms with Gasteiger partial charge in [0, 0.05) is 16.5 Å². The van der Waals surface area contributed by atoms with E-state index in [1.807, 2.05) is 0 Å². The average Bonchev–Trinajstić information content (AvgIpc) is 3.03. The van der Waals surface area contributed by atoms with Gasteiger partial charge in [-0.3, -0.25) is 0 Å². The van der Waals surface area contributed by atoms with Crippen molar-refractivity contribution in [1.29, 1.82) is 0 Å². The van der Waals surface area contributed by atoms with Crippen LogP contribution in [-0.2, 0) is 0 Å². The quantitative estimate of drug-likeness (QED) is 0.346. The molecule has 0 saturated heterocycles. The van der Waals surface area contributed by atoms with Crippen molar-refractivity contribution in [1.82, 2.24) is 4.57 Å². The number of benzene rings is 4. The molecule has 5 aromatic rings. The Morgan fingerprint density at radius 1 is 0.538 bits per heavy atom. The third-order valence-corrected chi connectivity index (χ3v) is 5.32. The van der Waals surface area contributed by atoms with Crippen molar-refractivity contribution in [3.8, 4) is 16.8 Å². The molecule has 0 saturated carbocycles. The predicted octanol–water partition coefficient (Wildman–Crippen LogP) is 5.95. The van der Waals surface area contributed by atoms with E-state index in [9.17, 15) is 0 Å². The largest absolute Gasteiger partial charge is 0.309 e. The van der Waals surface area contributed by atoms with Gasteiger partial charge in [0.15, 0.2) is 0 Å². The summed E-state index contributed by atoms with van der Waals surface area (Å²) in [6.07, 6.45) is 0. The second kappa shape index (κ2) is 6.12. The Kier molecular flexibility index (Phi) is 3.62. The fourth-order valence-corrected chi connectivity index (χ4v) is 3.88. The van der Waals surface area contributed by atoms with E-state index in [1.54, 1.807) is 0 Å². The highest BCUT2D eigenvalue weighted by molar-refractivity contribution is 7.27. The zero-order valence-electron chi connectivity index (χ0n) is 14.3. The maximum atomic E-state index is 2.74. The lowest BCUT2D eigenvalue weighted by Crippen LogP contribution is -1.93. The van der Waals surface area contributed by atoms with Crippen molar-refractivity contribution in [3.05, 3.63) is 97.1 Å². The number of para-hydroxylation sites is 2. The Balaban J connectivity index is 1.82. The lowest BCUT2D eigenvalue weighted by molar-refractivity contribution is 1.18. The van der Waals surface area contributed by atoms with Crippen LogP contribution in [0.2, 0.25) is 0 Å². The van der Waals surface area contributed by atoms with Crippen LogP contribution in [-0.4, -0.2) is 4.57 Å². The number of fused-ring (bicyclic) bond motifs is 3. The van der Waals surface area contributed by atoms with Crippen LogP contribution in [0, 0.1) is 0 Å². The molecule has 0 bridgehead atoms. The maximum Gasteiger partial charge on any atom is 0.0541 e. The summed E-state index contributed by atoms with van der Waals surface area (Å²) in [5.41, 5.74) is 6.17. The minimum Gasteiger partial charge on any atom is -0.309 e. The van der Waals surface area contributed by atoms with E-state index >= 15 is 0 Å². The van der Waals surface area contributed by atoms with Crippen molar-refractivity contribution >= 4 is 36.4 Å². The molecule has 1 aromatic heterocycles. The van der Waals surface area contributed by atoms with Gasteiger partial charge in [-0.05, 0) is 46.8 Å². The Morgan fingerprint density at radius 3 is 2.00 bits per heavy atom. The summed E-state index contributed by atoms with van der Waals surface area (Å²) >= 11 is 0. The first kappa shape index (κ1) is 15.4. The topological polar surface area (TPSA) is 4.93 Å². The Morgan fingerprint density at radius 2 is 1.19 bits per heavy atom. The minimum absolute atomic E-state index is 1.19. The molecule has 2 heteroatoms. The van der Waals surface area contributed by atoms with Crippen molar-refractivity contribution in [2.45, 2.75) is 0 Å². The summed E-state index contributed by atoms with van der Waals surface area (Å²) in [5, 5.41) is 3.78. The molecule has 5 rings (SSSR count). The molecule has 0 spiro atoms. The van der Waals surface area contributed by atoms with E-state index in [0.717, 1.165) is 0 Å². The highest BCUT2D eigenvalue weighted by atomic mass is 31.0. The van der Waals surface area contributed by atoms with Crippen molar-refractivity contribution < 1.29 is 0 Å². The molecule has 0 radical (unpaired) electrons. The lowest BCUT2D eigenvalue weighted by atomic mass is 10.0. The number of hydrogen-bond acceptors (Lipinski definition) is 0. The second-order valence-electron chi connectivity index (χ2n) is 6.54. The maximum absolute atomic E-state index is 2.74. The first-order valence-corrected chi connectivity index (χ1v) is 9.33. The van der Waals surface area contributed by atoms with E-state index in [1.165, 1.54) is 43.9 Å². The van der Waals surface area contributed by atoms with Crippen LogP contribution >= 0.6 is 9.24 Å². The molecular formula is C24H18NP. The number of hydrogen-bond donors (Lipinski definition) is 0. The third-order valence-electron chi connectivity index (χ3n) is 4.93. The SMILES string of the molecule is Pc1ccc(-c2ccc3c(c2)c2ccccc2n3-c2ccccc2)cc1. The summed E-state index contributed by atoms with van der Waals surface area (Å²) < 4.78 is 2.35. The number of rotatable bonds is 2. The summed E-state index contributed by atoms with van der Waals surface area (Å²) in [4.78, 5) is 0. The summed E-state index contributed by atoms with van der Waals surface area (Å²) in [7, 11) is 2.74. The Hall–Kier alpha value is -2.89. The molecule has 124 valence electrons. The molecule has 1 atom stereocenters. The highest BCUT2D eigenvalue weighted by Gasteiger charge is 2.12. The van der Waals surface area contributed by atoms with E-state index < -0.39 is 0 Å². The lowest BCUT2D eigenvalue weighted by Gasteiger charge is -2.08. The van der Waals surface area contributed by atoms with Crippen molar-refractivity contribution in [3.63, 3.8) is 0 Å². The van der Waals surface area contributed by atoms with Crippen molar-refractivity contribution in [2.24, 2.45) is 0 Å². The van der Waals surface area contributed by atoms with Gasteiger partial charge in [0.25, 0.3) is 0 Å². The number of nitrogens with zero attached hydrogens (tertiary/aromatic N) is 1. The van der Waals surface area contributed by atoms with Gasteiger partial charge in [-0.25, -0.2) is 0 Å². The molecule has 1 nitrogen and oxygen atoms in total. The Bertz CT molecular complexity index is 1220. The minimum atomic E-state index is 1.19. The molecule has 0 aliphatic heterocycles. The molecule has 1 heterocycles. The van der Waals surface area contributed by atoms with E-state index in [2.05, 4.69) is 111 Å².